The average Bonchev–Trinajstić information content (AvgIpc) is 3.08. The minimum absolute atomic E-state index is 0.109. The number of carbonyl (C=O) groups excluding carboxylic acids is 2. The fourth-order valence-electron chi connectivity index (χ4n) is 3.19. The molecule has 142 valence electrons. The predicted octanol–water partition coefficient (Wildman–Crippen LogP) is 2.01. The van der Waals surface area contributed by atoms with Gasteiger partial charge in [-0.25, -0.2) is 9.59 Å². The number of urea groups is 1. The first-order chi connectivity index (χ1) is 13.1. The van der Waals surface area contributed by atoms with Gasteiger partial charge in [-0.3, -0.25) is 4.90 Å². The van der Waals surface area contributed by atoms with Gasteiger partial charge in [-0.05, 0) is 48.4 Å². The zero-order chi connectivity index (χ0) is 19.2. The number of nitrogens with zero attached hydrogens (tertiary/aromatic N) is 1. The van der Waals surface area contributed by atoms with Gasteiger partial charge >= 0.3 is 12.0 Å². The number of nitrogens with two attached hydrogens (primary N) is 1. The van der Waals surface area contributed by atoms with Crippen molar-refractivity contribution in [2.75, 3.05) is 31.7 Å². The summed E-state index contributed by atoms with van der Waals surface area (Å²) in [4.78, 5) is 25.4. The van der Waals surface area contributed by atoms with E-state index in [4.69, 9.17) is 10.5 Å². The number of amides is 2. The van der Waals surface area contributed by atoms with Crippen LogP contribution in [0.3, 0.4) is 0 Å². The molecule has 0 radical (unpaired) electrons. The lowest BCUT2D eigenvalue weighted by Gasteiger charge is -2.25. The van der Waals surface area contributed by atoms with E-state index >= 15 is 0 Å². The zero-order valence-electron chi connectivity index (χ0n) is 15.2. The molecule has 0 saturated carbocycles. The van der Waals surface area contributed by atoms with E-state index in [1.165, 1.54) is 7.11 Å². The summed E-state index contributed by atoms with van der Waals surface area (Å²) in [6.07, 6.45) is 0.759. The predicted molar refractivity (Wildman–Crippen MR) is 102 cm³/mol. The van der Waals surface area contributed by atoms with Crippen LogP contribution < -0.4 is 20.7 Å². The molecule has 1 aliphatic rings. The number of anilines is 1. The molecule has 7 heteroatoms. The number of rotatable bonds is 7. The van der Waals surface area contributed by atoms with E-state index in [0.717, 1.165) is 23.2 Å². The third kappa shape index (κ3) is 4.20. The van der Waals surface area contributed by atoms with Crippen LogP contribution in [-0.4, -0.2) is 38.8 Å². The lowest BCUT2D eigenvalue weighted by atomic mass is 9.97. The standard InChI is InChI=1S/C20H23N3O4/c1-26-19(24)13-27-16-8-6-15(7-9-16)23-18(12-22-20(23)25)17-5-3-2-4-14(17)10-11-21/h2-9,18H,10-13,21H2,1H3,(H,22,25). The molecule has 1 saturated heterocycles. The maximum atomic E-state index is 12.5. The van der Waals surface area contributed by atoms with Crippen LogP contribution in [0, 0.1) is 0 Å². The maximum Gasteiger partial charge on any atom is 0.343 e. The van der Waals surface area contributed by atoms with Crippen molar-refractivity contribution < 1.29 is 19.1 Å². The second-order valence-corrected chi connectivity index (χ2v) is 6.17. The van der Waals surface area contributed by atoms with Gasteiger partial charge in [0.15, 0.2) is 6.61 Å². The van der Waals surface area contributed by atoms with Crippen LogP contribution in [0.15, 0.2) is 48.5 Å². The number of hydrogen-bond acceptors (Lipinski definition) is 5. The molecule has 2 amide bonds. The van der Waals surface area contributed by atoms with E-state index < -0.39 is 5.97 Å². The van der Waals surface area contributed by atoms with E-state index in [0.29, 0.717) is 18.8 Å². The van der Waals surface area contributed by atoms with E-state index in [2.05, 4.69) is 10.1 Å². The number of carbonyl (C=O) groups is 2. The van der Waals surface area contributed by atoms with Gasteiger partial charge in [-0.2, -0.15) is 0 Å². The summed E-state index contributed by atoms with van der Waals surface area (Å²) in [5.41, 5.74) is 8.72. The van der Waals surface area contributed by atoms with Crippen molar-refractivity contribution in [1.29, 1.82) is 0 Å². The van der Waals surface area contributed by atoms with E-state index in [1.54, 1.807) is 29.2 Å². The van der Waals surface area contributed by atoms with Crippen molar-refractivity contribution in [3.05, 3.63) is 59.7 Å². The molecule has 2 aromatic carbocycles. The number of esters is 1. The Morgan fingerprint density at radius 3 is 2.67 bits per heavy atom. The van der Waals surface area contributed by atoms with Crippen LogP contribution in [0.1, 0.15) is 17.2 Å². The van der Waals surface area contributed by atoms with Gasteiger partial charge < -0.3 is 20.5 Å². The SMILES string of the molecule is COC(=O)COc1ccc(N2C(=O)NCC2c2ccccc2CCN)cc1. The van der Waals surface area contributed by atoms with Crippen LogP contribution >= 0.6 is 0 Å². The maximum absolute atomic E-state index is 12.5. The van der Waals surface area contributed by atoms with Crippen LogP contribution in [0.25, 0.3) is 0 Å². The quantitative estimate of drug-likeness (QED) is 0.728. The molecule has 2 aromatic rings. The van der Waals surface area contributed by atoms with E-state index in [1.807, 2.05) is 24.3 Å². The monoisotopic (exact) mass is 369 g/mol. The number of hydrogen-bond donors (Lipinski definition) is 2. The molecule has 1 heterocycles. The summed E-state index contributed by atoms with van der Waals surface area (Å²) in [5.74, 6) is 0.0819. The van der Waals surface area contributed by atoms with Crippen LogP contribution in [-0.2, 0) is 16.0 Å². The summed E-state index contributed by atoms with van der Waals surface area (Å²) in [6, 6.07) is 14.8. The fourth-order valence-corrected chi connectivity index (χ4v) is 3.19. The molecular formula is C20H23N3O4. The summed E-state index contributed by atoms with van der Waals surface area (Å²) < 4.78 is 9.91. The zero-order valence-corrected chi connectivity index (χ0v) is 15.2. The third-order valence-electron chi connectivity index (χ3n) is 4.50. The Hall–Kier alpha value is -3.06. The average molecular weight is 369 g/mol. The van der Waals surface area contributed by atoms with Crippen LogP contribution in [0.5, 0.6) is 5.75 Å². The highest BCUT2D eigenvalue weighted by Gasteiger charge is 2.34. The topological polar surface area (TPSA) is 93.9 Å². The lowest BCUT2D eigenvalue weighted by molar-refractivity contribution is -0.142. The first kappa shape index (κ1) is 18.7. The molecule has 0 spiro atoms. The number of nitrogens with one attached hydrogen (secondary N) is 1. The largest absolute Gasteiger partial charge is 0.482 e. The third-order valence-corrected chi connectivity index (χ3v) is 4.50. The second-order valence-electron chi connectivity index (χ2n) is 6.17. The van der Waals surface area contributed by atoms with Gasteiger partial charge in [0.1, 0.15) is 5.75 Å². The molecule has 1 aliphatic heterocycles. The minimum atomic E-state index is -0.449. The Morgan fingerprint density at radius 1 is 1.22 bits per heavy atom. The molecule has 0 aromatic heterocycles. The molecule has 0 aliphatic carbocycles. The summed E-state index contributed by atoms with van der Waals surface area (Å²) >= 11 is 0. The van der Waals surface area contributed by atoms with Crippen molar-refractivity contribution in [1.82, 2.24) is 5.32 Å². The Balaban J connectivity index is 1.82. The molecule has 1 atom stereocenters. The normalized spacial score (nSPS) is 16.1. The van der Waals surface area contributed by atoms with Gasteiger partial charge in [0.05, 0.1) is 13.2 Å². The first-order valence-corrected chi connectivity index (χ1v) is 8.78. The van der Waals surface area contributed by atoms with Gasteiger partial charge in [0, 0.05) is 12.2 Å². The summed E-state index contributed by atoms with van der Waals surface area (Å²) in [5, 5.41) is 2.91. The highest BCUT2D eigenvalue weighted by atomic mass is 16.6. The number of ether oxygens (including phenoxy) is 2. The molecule has 1 fully saturated rings. The van der Waals surface area contributed by atoms with E-state index in [9.17, 15) is 9.59 Å². The smallest absolute Gasteiger partial charge is 0.343 e. The van der Waals surface area contributed by atoms with Crippen LogP contribution in [0.4, 0.5) is 10.5 Å². The van der Waals surface area contributed by atoms with Crippen molar-refractivity contribution in [2.45, 2.75) is 12.5 Å². The molecule has 27 heavy (non-hydrogen) atoms. The Bertz CT molecular complexity index is 807. The van der Waals surface area contributed by atoms with Crippen molar-refractivity contribution in [3.8, 4) is 5.75 Å². The Labute approximate surface area is 158 Å². The fraction of sp³-hybridized carbons (Fsp3) is 0.300. The van der Waals surface area contributed by atoms with Crippen LogP contribution in [0.2, 0.25) is 0 Å². The number of benzene rings is 2. The summed E-state index contributed by atoms with van der Waals surface area (Å²) in [7, 11) is 1.31. The highest BCUT2D eigenvalue weighted by molar-refractivity contribution is 5.95. The van der Waals surface area contributed by atoms with Crippen molar-refractivity contribution >= 4 is 17.7 Å². The Kier molecular flexibility index (Phi) is 5.93. The van der Waals surface area contributed by atoms with Gasteiger partial charge in [0.2, 0.25) is 0 Å². The van der Waals surface area contributed by atoms with Crippen molar-refractivity contribution in [3.63, 3.8) is 0 Å². The highest BCUT2D eigenvalue weighted by Crippen LogP contribution is 2.33. The first-order valence-electron chi connectivity index (χ1n) is 8.78. The molecule has 3 N–H and O–H groups in total. The second kappa shape index (κ2) is 8.55. The van der Waals surface area contributed by atoms with E-state index in [-0.39, 0.29) is 18.7 Å². The Morgan fingerprint density at radius 2 is 1.96 bits per heavy atom. The van der Waals surface area contributed by atoms with Gasteiger partial charge in [0.25, 0.3) is 0 Å². The molecular weight excluding hydrogens is 346 g/mol. The van der Waals surface area contributed by atoms with Gasteiger partial charge in [-0.15, -0.1) is 0 Å². The molecule has 3 rings (SSSR count). The molecule has 0 bridgehead atoms. The minimum Gasteiger partial charge on any atom is -0.482 e. The van der Waals surface area contributed by atoms with Gasteiger partial charge in [-0.1, -0.05) is 24.3 Å². The molecule has 1 unspecified atom stereocenters. The van der Waals surface area contributed by atoms with Crippen molar-refractivity contribution in [2.24, 2.45) is 5.73 Å². The number of methoxy groups -OCH3 is 1. The molecule has 7 nitrogen and oxygen atoms in total. The lowest BCUT2D eigenvalue weighted by Crippen LogP contribution is -2.30. The summed E-state index contributed by atoms with van der Waals surface area (Å²) in [6.45, 7) is 0.924.